The smallest absolute Gasteiger partial charge is 0.262 e. The third-order valence-corrected chi connectivity index (χ3v) is 5.54. The molecule has 0 aliphatic carbocycles. The van der Waals surface area contributed by atoms with Crippen molar-refractivity contribution in [2.75, 3.05) is 11.9 Å². The third-order valence-electron chi connectivity index (χ3n) is 5.54. The maximum Gasteiger partial charge on any atom is 0.262 e. The number of rotatable bonds is 5. The van der Waals surface area contributed by atoms with E-state index >= 15 is 0 Å². The molecular formula is C25H24FN3O. The van der Waals surface area contributed by atoms with E-state index in [1.54, 1.807) is 16.7 Å². The highest BCUT2D eigenvalue weighted by atomic mass is 19.1. The summed E-state index contributed by atoms with van der Waals surface area (Å²) < 4.78 is 15.1. The lowest BCUT2D eigenvalue weighted by molar-refractivity contribution is 0.529. The highest BCUT2D eigenvalue weighted by Crippen LogP contribution is 2.27. The minimum absolute atomic E-state index is 0.0532. The normalized spacial score (nSPS) is 12.1. The van der Waals surface area contributed by atoms with E-state index in [9.17, 15) is 9.18 Å². The molecule has 0 fully saturated rings. The number of hydrogen-bond acceptors (Lipinski definition) is 3. The number of aryl methyl sites for hydroxylation is 1. The van der Waals surface area contributed by atoms with Gasteiger partial charge in [-0.1, -0.05) is 37.3 Å². The van der Waals surface area contributed by atoms with Gasteiger partial charge in [-0.25, -0.2) is 9.37 Å². The van der Waals surface area contributed by atoms with Crippen LogP contribution in [0.3, 0.4) is 0 Å². The number of benzene rings is 3. The van der Waals surface area contributed by atoms with Crippen LogP contribution in [0.4, 0.5) is 15.8 Å². The topological polar surface area (TPSA) is 38.1 Å². The molecule has 0 aliphatic rings. The maximum atomic E-state index is 13.5. The van der Waals surface area contributed by atoms with Gasteiger partial charge in [0, 0.05) is 18.4 Å². The Morgan fingerprint density at radius 2 is 1.67 bits per heavy atom. The zero-order valence-electron chi connectivity index (χ0n) is 17.3. The number of anilines is 2. The van der Waals surface area contributed by atoms with E-state index in [1.165, 1.54) is 12.1 Å². The van der Waals surface area contributed by atoms with Gasteiger partial charge in [0.2, 0.25) is 0 Å². The second-order valence-corrected chi connectivity index (χ2v) is 7.41. The predicted molar refractivity (Wildman–Crippen MR) is 120 cm³/mol. The van der Waals surface area contributed by atoms with Crippen LogP contribution in [0.2, 0.25) is 0 Å². The Kier molecular flexibility index (Phi) is 5.36. The standard InChI is InChI=1S/C25H24FN3O/c1-4-24(18-8-6-5-7-9-18)29-17(2)27-23-15-14-21(16-22(23)25(29)30)28(3)20-12-10-19(26)11-13-20/h5-16,24H,4H2,1-3H3. The highest BCUT2D eigenvalue weighted by Gasteiger charge is 2.18. The van der Waals surface area contributed by atoms with Gasteiger partial charge in [-0.15, -0.1) is 0 Å². The van der Waals surface area contributed by atoms with Gasteiger partial charge in [0.1, 0.15) is 11.6 Å². The Hall–Kier alpha value is -3.47. The van der Waals surface area contributed by atoms with Crippen LogP contribution in [0, 0.1) is 12.7 Å². The molecular weight excluding hydrogens is 377 g/mol. The van der Waals surface area contributed by atoms with Crippen molar-refractivity contribution in [2.24, 2.45) is 0 Å². The molecule has 0 aliphatic heterocycles. The molecule has 0 radical (unpaired) electrons. The Labute approximate surface area is 175 Å². The Balaban J connectivity index is 1.84. The molecule has 0 amide bonds. The lowest BCUT2D eigenvalue weighted by Gasteiger charge is -2.23. The van der Waals surface area contributed by atoms with E-state index in [0.717, 1.165) is 23.4 Å². The summed E-state index contributed by atoms with van der Waals surface area (Å²) in [5.74, 6) is 0.419. The van der Waals surface area contributed by atoms with Crippen molar-refractivity contribution in [1.82, 2.24) is 9.55 Å². The predicted octanol–water partition coefficient (Wildman–Crippen LogP) is 5.61. The lowest BCUT2D eigenvalue weighted by atomic mass is 10.0. The first kappa shape index (κ1) is 19.8. The van der Waals surface area contributed by atoms with E-state index in [1.807, 2.05) is 67.4 Å². The van der Waals surface area contributed by atoms with Gasteiger partial charge in [-0.3, -0.25) is 9.36 Å². The SMILES string of the molecule is CCC(c1ccccc1)n1c(C)nc2ccc(N(C)c3ccc(F)cc3)cc2c1=O. The van der Waals surface area contributed by atoms with Crippen LogP contribution in [0.1, 0.15) is 30.8 Å². The summed E-state index contributed by atoms with van der Waals surface area (Å²) in [5, 5.41) is 0.571. The molecule has 0 saturated carbocycles. The Morgan fingerprint density at radius 3 is 2.33 bits per heavy atom. The van der Waals surface area contributed by atoms with Crippen molar-refractivity contribution in [3.8, 4) is 0 Å². The first-order valence-electron chi connectivity index (χ1n) is 10.1. The molecule has 1 aromatic heterocycles. The van der Waals surface area contributed by atoms with Gasteiger partial charge in [-0.05, 0) is 61.4 Å². The molecule has 4 rings (SSSR count). The van der Waals surface area contributed by atoms with Crippen molar-refractivity contribution in [3.05, 3.63) is 100 Å². The highest BCUT2D eigenvalue weighted by molar-refractivity contribution is 5.83. The van der Waals surface area contributed by atoms with Crippen LogP contribution in [-0.2, 0) is 0 Å². The Morgan fingerprint density at radius 1 is 1.00 bits per heavy atom. The quantitative estimate of drug-likeness (QED) is 0.436. The largest absolute Gasteiger partial charge is 0.345 e. The summed E-state index contributed by atoms with van der Waals surface area (Å²) in [5.41, 5.74) is 3.39. The molecule has 0 spiro atoms. The molecule has 0 saturated heterocycles. The van der Waals surface area contributed by atoms with Gasteiger partial charge in [-0.2, -0.15) is 0 Å². The van der Waals surface area contributed by atoms with Crippen LogP contribution in [0.15, 0.2) is 77.6 Å². The molecule has 1 atom stereocenters. The van der Waals surface area contributed by atoms with Crippen molar-refractivity contribution in [1.29, 1.82) is 0 Å². The number of aromatic nitrogens is 2. The van der Waals surface area contributed by atoms with E-state index in [2.05, 4.69) is 6.92 Å². The zero-order valence-corrected chi connectivity index (χ0v) is 17.3. The lowest BCUT2D eigenvalue weighted by Crippen LogP contribution is -2.28. The number of hydrogen-bond donors (Lipinski definition) is 0. The fourth-order valence-corrected chi connectivity index (χ4v) is 3.93. The minimum Gasteiger partial charge on any atom is -0.345 e. The monoisotopic (exact) mass is 401 g/mol. The van der Waals surface area contributed by atoms with E-state index in [0.29, 0.717) is 16.7 Å². The van der Waals surface area contributed by atoms with E-state index < -0.39 is 0 Å². The average molecular weight is 401 g/mol. The number of halogens is 1. The molecule has 0 bridgehead atoms. The Bertz CT molecular complexity index is 1230. The molecule has 1 heterocycles. The van der Waals surface area contributed by atoms with Crippen LogP contribution < -0.4 is 10.5 Å². The average Bonchev–Trinajstić information content (AvgIpc) is 2.77. The van der Waals surface area contributed by atoms with Crippen LogP contribution >= 0.6 is 0 Å². The van der Waals surface area contributed by atoms with Crippen molar-refractivity contribution in [3.63, 3.8) is 0 Å². The fourth-order valence-electron chi connectivity index (χ4n) is 3.93. The van der Waals surface area contributed by atoms with Crippen LogP contribution in [-0.4, -0.2) is 16.6 Å². The second kappa shape index (κ2) is 8.11. The summed E-state index contributed by atoms with van der Waals surface area (Å²) in [4.78, 5) is 20.2. The van der Waals surface area contributed by atoms with Gasteiger partial charge in [0.15, 0.2) is 0 Å². The number of fused-ring (bicyclic) bond motifs is 1. The molecule has 1 unspecified atom stereocenters. The minimum atomic E-state index is -0.278. The molecule has 152 valence electrons. The van der Waals surface area contributed by atoms with Crippen molar-refractivity contribution >= 4 is 22.3 Å². The first-order valence-corrected chi connectivity index (χ1v) is 10.1. The third kappa shape index (κ3) is 3.59. The maximum absolute atomic E-state index is 13.5. The fraction of sp³-hybridized carbons (Fsp3) is 0.200. The summed E-state index contributed by atoms with van der Waals surface area (Å²) in [6.45, 7) is 3.96. The van der Waals surface area contributed by atoms with Crippen molar-refractivity contribution in [2.45, 2.75) is 26.3 Å². The van der Waals surface area contributed by atoms with Gasteiger partial charge >= 0.3 is 0 Å². The molecule has 4 nitrogen and oxygen atoms in total. The van der Waals surface area contributed by atoms with Gasteiger partial charge in [0.25, 0.3) is 5.56 Å². The second-order valence-electron chi connectivity index (χ2n) is 7.41. The van der Waals surface area contributed by atoms with Crippen molar-refractivity contribution < 1.29 is 4.39 Å². The number of nitrogens with zero attached hydrogens (tertiary/aromatic N) is 3. The van der Waals surface area contributed by atoms with Crippen LogP contribution in [0.5, 0.6) is 0 Å². The van der Waals surface area contributed by atoms with E-state index in [4.69, 9.17) is 4.98 Å². The first-order chi connectivity index (χ1) is 14.5. The molecule has 4 aromatic rings. The van der Waals surface area contributed by atoms with E-state index in [-0.39, 0.29) is 17.4 Å². The summed E-state index contributed by atoms with van der Waals surface area (Å²) in [6.07, 6.45) is 0.785. The molecule has 0 N–H and O–H groups in total. The molecule has 3 aromatic carbocycles. The molecule has 30 heavy (non-hydrogen) atoms. The molecule has 5 heteroatoms. The van der Waals surface area contributed by atoms with Gasteiger partial charge in [0.05, 0.1) is 16.9 Å². The summed E-state index contributed by atoms with van der Waals surface area (Å²) >= 11 is 0. The zero-order chi connectivity index (χ0) is 21.3. The summed E-state index contributed by atoms with van der Waals surface area (Å²) in [7, 11) is 1.90. The van der Waals surface area contributed by atoms with Gasteiger partial charge < -0.3 is 4.90 Å². The van der Waals surface area contributed by atoms with Crippen LogP contribution in [0.25, 0.3) is 10.9 Å². The summed E-state index contributed by atoms with van der Waals surface area (Å²) in [6, 6.07) is 21.9.